The third-order valence-electron chi connectivity index (χ3n) is 4.27. The monoisotopic (exact) mass is 429 g/mol. The molecule has 0 aliphatic carbocycles. The Morgan fingerprint density at radius 2 is 1.97 bits per heavy atom. The number of thiophene rings is 1. The first-order chi connectivity index (χ1) is 14.1. The summed E-state index contributed by atoms with van der Waals surface area (Å²) in [5.74, 6) is 0.692. The van der Waals surface area contributed by atoms with Gasteiger partial charge < -0.3 is 10.6 Å². The van der Waals surface area contributed by atoms with Crippen LogP contribution in [0, 0.1) is 4.77 Å². The van der Waals surface area contributed by atoms with Crippen molar-refractivity contribution in [2.45, 2.75) is 39.3 Å². The van der Waals surface area contributed by atoms with Gasteiger partial charge in [0.15, 0.2) is 10.6 Å². The average molecular weight is 430 g/mol. The molecule has 0 spiro atoms. The van der Waals surface area contributed by atoms with Crippen LogP contribution in [-0.4, -0.2) is 26.6 Å². The fraction of sp³-hybridized carbons (Fsp3) is 0.300. The van der Waals surface area contributed by atoms with Crippen LogP contribution in [0.2, 0.25) is 0 Å². The molecule has 0 saturated carbocycles. The maximum absolute atomic E-state index is 12.3. The number of benzene rings is 1. The highest BCUT2D eigenvalue weighted by molar-refractivity contribution is 7.71. The van der Waals surface area contributed by atoms with Gasteiger partial charge in [0, 0.05) is 31.6 Å². The third-order valence-corrected chi connectivity index (χ3v) is 5.44. The molecule has 152 valence electrons. The molecule has 0 bridgehead atoms. The molecule has 0 radical (unpaired) electrons. The van der Waals surface area contributed by atoms with Gasteiger partial charge in [-0.3, -0.25) is 19.3 Å². The lowest BCUT2D eigenvalue weighted by atomic mass is 10.2. The van der Waals surface area contributed by atoms with E-state index in [-0.39, 0.29) is 11.8 Å². The van der Waals surface area contributed by atoms with Gasteiger partial charge in [-0.05, 0) is 47.8 Å². The van der Waals surface area contributed by atoms with Crippen LogP contribution in [0.4, 0.5) is 5.69 Å². The highest BCUT2D eigenvalue weighted by Crippen LogP contribution is 2.22. The Labute approximate surface area is 178 Å². The lowest BCUT2D eigenvalue weighted by molar-refractivity contribution is -0.121. The van der Waals surface area contributed by atoms with Crippen molar-refractivity contribution in [3.8, 4) is 10.7 Å². The first-order valence-corrected chi connectivity index (χ1v) is 10.7. The fourth-order valence-corrected chi connectivity index (χ4v) is 3.72. The second-order valence-corrected chi connectivity index (χ2v) is 7.84. The van der Waals surface area contributed by atoms with Crippen molar-refractivity contribution in [1.29, 1.82) is 0 Å². The quantitative estimate of drug-likeness (QED) is 0.446. The van der Waals surface area contributed by atoms with Gasteiger partial charge in [0.05, 0.1) is 4.88 Å². The summed E-state index contributed by atoms with van der Waals surface area (Å²) in [5.41, 5.74) is 1.72. The maximum Gasteiger partial charge on any atom is 0.224 e. The summed E-state index contributed by atoms with van der Waals surface area (Å²) < 4.78 is 2.34. The molecule has 3 rings (SSSR count). The van der Waals surface area contributed by atoms with Crippen LogP contribution in [0.1, 0.15) is 31.7 Å². The highest BCUT2D eigenvalue weighted by atomic mass is 32.1. The normalized spacial score (nSPS) is 10.7. The SMILES string of the molecule is CCCC(=O)Nc1ccc(CNC(=O)CCn2c(-c3cccs3)n[nH]c2=S)cc1. The minimum absolute atomic E-state index is 0.00771. The number of aromatic amines is 1. The van der Waals surface area contributed by atoms with Gasteiger partial charge in [-0.25, -0.2) is 0 Å². The van der Waals surface area contributed by atoms with E-state index in [1.165, 1.54) is 0 Å². The zero-order valence-corrected chi connectivity index (χ0v) is 17.7. The molecule has 9 heteroatoms. The van der Waals surface area contributed by atoms with Crippen LogP contribution in [0.25, 0.3) is 10.7 Å². The van der Waals surface area contributed by atoms with E-state index in [9.17, 15) is 9.59 Å². The van der Waals surface area contributed by atoms with Gasteiger partial charge in [-0.1, -0.05) is 25.1 Å². The van der Waals surface area contributed by atoms with Crippen molar-refractivity contribution >= 4 is 41.1 Å². The molecule has 2 aromatic heterocycles. The number of rotatable bonds is 9. The van der Waals surface area contributed by atoms with Crippen LogP contribution in [0.15, 0.2) is 41.8 Å². The number of anilines is 1. The lowest BCUT2D eigenvalue weighted by Crippen LogP contribution is -2.24. The van der Waals surface area contributed by atoms with Gasteiger partial charge in [0.25, 0.3) is 0 Å². The summed E-state index contributed by atoms with van der Waals surface area (Å²) in [4.78, 5) is 24.9. The molecule has 3 N–H and O–H groups in total. The van der Waals surface area contributed by atoms with Crippen LogP contribution < -0.4 is 10.6 Å². The van der Waals surface area contributed by atoms with Gasteiger partial charge in [0.2, 0.25) is 11.8 Å². The summed E-state index contributed by atoms with van der Waals surface area (Å²) in [7, 11) is 0. The van der Waals surface area contributed by atoms with E-state index < -0.39 is 0 Å². The van der Waals surface area contributed by atoms with E-state index in [2.05, 4.69) is 20.8 Å². The number of carbonyl (C=O) groups excluding carboxylic acids is 2. The molecule has 0 atom stereocenters. The third kappa shape index (κ3) is 5.85. The van der Waals surface area contributed by atoms with Crippen molar-refractivity contribution in [1.82, 2.24) is 20.1 Å². The predicted molar refractivity (Wildman–Crippen MR) is 117 cm³/mol. The number of nitrogens with one attached hydrogen (secondary N) is 3. The summed E-state index contributed by atoms with van der Waals surface area (Å²) in [6.45, 7) is 2.85. The van der Waals surface area contributed by atoms with Gasteiger partial charge in [-0.2, -0.15) is 5.10 Å². The number of carbonyl (C=O) groups is 2. The van der Waals surface area contributed by atoms with Crippen LogP contribution in [0.3, 0.4) is 0 Å². The number of hydrogen-bond donors (Lipinski definition) is 3. The molecule has 0 unspecified atom stereocenters. The largest absolute Gasteiger partial charge is 0.352 e. The molecular weight excluding hydrogens is 406 g/mol. The van der Waals surface area contributed by atoms with Crippen LogP contribution in [0.5, 0.6) is 0 Å². The van der Waals surface area contributed by atoms with Gasteiger partial charge in [-0.15, -0.1) is 11.3 Å². The Kier molecular flexibility index (Phi) is 7.31. The smallest absolute Gasteiger partial charge is 0.224 e. The standard InChI is InChI=1S/C20H23N5O2S2/c1-2-4-18(27)22-15-8-6-14(7-9-15)13-21-17(26)10-11-25-19(23-24-20(25)28)16-5-3-12-29-16/h3,5-9,12H,2,4,10-11,13H2,1H3,(H,21,26)(H,22,27)(H,24,28). The Balaban J connectivity index is 1.49. The first-order valence-electron chi connectivity index (χ1n) is 9.41. The highest BCUT2D eigenvalue weighted by Gasteiger charge is 2.11. The topological polar surface area (TPSA) is 91.8 Å². The summed E-state index contributed by atoms with van der Waals surface area (Å²) in [6.07, 6.45) is 1.62. The van der Waals surface area contributed by atoms with E-state index in [1.807, 2.05) is 53.3 Å². The Morgan fingerprint density at radius 1 is 1.17 bits per heavy atom. The predicted octanol–water partition coefficient (Wildman–Crippen LogP) is 4.11. The minimum atomic E-state index is -0.0643. The molecule has 0 aliphatic rings. The van der Waals surface area contributed by atoms with Crippen molar-refractivity contribution in [3.63, 3.8) is 0 Å². The molecule has 7 nitrogen and oxygen atoms in total. The molecule has 0 fully saturated rings. The van der Waals surface area contributed by atoms with Crippen LogP contribution in [-0.2, 0) is 22.7 Å². The molecule has 2 amide bonds. The minimum Gasteiger partial charge on any atom is -0.352 e. The van der Waals surface area contributed by atoms with Crippen molar-refractivity contribution < 1.29 is 9.59 Å². The number of hydrogen-bond acceptors (Lipinski definition) is 5. The molecule has 0 aliphatic heterocycles. The maximum atomic E-state index is 12.3. The van der Waals surface area contributed by atoms with E-state index in [1.54, 1.807) is 11.3 Å². The number of nitrogens with zero attached hydrogens (tertiary/aromatic N) is 2. The molecule has 1 aromatic carbocycles. The molecule has 29 heavy (non-hydrogen) atoms. The average Bonchev–Trinajstić information content (AvgIpc) is 3.35. The van der Waals surface area contributed by atoms with Crippen molar-refractivity contribution in [2.75, 3.05) is 5.32 Å². The number of aromatic nitrogens is 3. The van der Waals surface area contributed by atoms with E-state index >= 15 is 0 Å². The van der Waals surface area contributed by atoms with E-state index in [0.717, 1.165) is 28.4 Å². The van der Waals surface area contributed by atoms with E-state index in [4.69, 9.17) is 12.2 Å². The Morgan fingerprint density at radius 3 is 2.66 bits per heavy atom. The van der Waals surface area contributed by atoms with Crippen molar-refractivity contribution in [3.05, 3.63) is 52.1 Å². The van der Waals surface area contributed by atoms with E-state index in [0.29, 0.717) is 30.7 Å². The molecule has 3 aromatic rings. The van der Waals surface area contributed by atoms with Crippen LogP contribution >= 0.6 is 23.6 Å². The molecule has 0 saturated heterocycles. The van der Waals surface area contributed by atoms with Gasteiger partial charge in [0.1, 0.15) is 0 Å². The van der Waals surface area contributed by atoms with Gasteiger partial charge >= 0.3 is 0 Å². The number of amides is 2. The fourth-order valence-electron chi connectivity index (χ4n) is 2.78. The summed E-state index contributed by atoms with van der Waals surface area (Å²) >= 11 is 6.86. The molecule has 2 heterocycles. The Bertz CT molecular complexity index is 1010. The second kappa shape index (κ2) is 10.1. The molecular formula is C20H23N5O2S2. The van der Waals surface area contributed by atoms with Crippen molar-refractivity contribution in [2.24, 2.45) is 0 Å². The lowest BCUT2D eigenvalue weighted by Gasteiger charge is -2.09. The second-order valence-electron chi connectivity index (χ2n) is 6.50. The summed E-state index contributed by atoms with van der Waals surface area (Å²) in [6, 6.07) is 11.4. The number of H-pyrrole nitrogens is 1. The zero-order valence-electron chi connectivity index (χ0n) is 16.1. The summed E-state index contributed by atoms with van der Waals surface area (Å²) in [5, 5.41) is 14.8. The Hall–Kier alpha value is -2.78. The zero-order chi connectivity index (χ0) is 20.6. The first kappa shape index (κ1) is 20.9.